The van der Waals surface area contributed by atoms with Crippen LogP contribution in [-0.2, 0) is 0 Å². The molecule has 4 heteroatoms. The van der Waals surface area contributed by atoms with Crippen LogP contribution >= 0.6 is 0 Å². The minimum atomic E-state index is 0.598. The van der Waals surface area contributed by atoms with Gasteiger partial charge in [0.1, 0.15) is 11.0 Å². The van der Waals surface area contributed by atoms with Gasteiger partial charge in [-0.3, -0.25) is 0 Å². The lowest BCUT2D eigenvalue weighted by atomic mass is 9.97. The lowest BCUT2D eigenvalue weighted by Crippen LogP contribution is -1.82. The number of hydrogen-bond donors (Lipinski definition) is 0. The Morgan fingerprint density at radius 3 is 1.19 bits per heavy atom. The molecule has 0 amide bonds. The van der Waals surface area contributed by atoms with E-state index in [0.717, 1.165) is 55.2 Å². The first-order valence-corrected chi connectivity index (χ1v) is 16.1. The first-order valence-electron chi connectivity index (χ1n) is 16.1. The Kier molecular flexibility index (Phi) is 5.84. The van der Waals surface area contributed by atoms with Crippen LogP contribution in [0.1, 0.15) is 0 Å². The van der Waals surface area contributed by atoms with Gasteiger partial charge in [-0.15, -0.1) is 0 Å². The third kappa shape index (κ3) is 4.38. The Morgan fingerprint density at radius 1 is 0.333 bits per heavy atom. The standard InChI is InChI=1S/C44H26N2O2/c1-3-11-35-27(7-1)9-5-13-37(35)29-15-19-31(20-16-29)43-45-39-23-33-26-42-40(24-34(33)25-41(39)47-43)46-44(48-42)32-21-17-30(18-22-32)38-14-6-10-28-8-2-4-12-36(28)38/h1-26H. The number of nitrogens with zero attached hydrogens (tertiary/aromatic N) is 2. The average molecular weight is 615 g/mol. The van der Waals surface area contributed by atoms with E-state index in [1.165, 1.54) is 32.7 Å². The molecule has 0 aliphatic carbocycles. The fourth-order valence-corrected chi connectivity index (χ4v) is 6.88. The van der Waals surface area contributed by atoms with Gasteiger partial charge < -0.3 is 8.83 Å². The van der Waals surface area contributed by atoms with Gasteiger partial charge >= 0.3 is 0 Å². The largest absolute Gasteiger partial charge is 0.436 e. The molecule has 0 unspecified atom stereocenters. The molecule has 0 aliphatic rings. The van der Waals surface area contributed by atoms with E-state index in [4.69, 9.17) is 18.8 Å². The van der Waals surface area contributed by atoms with Crippen LogP contribution in [0.25, 0.3) is 99.7 Å². The third-order valence-electron chi connectivity index (χ3n) is 9.32. The average Bonchev–Trinajstić information content (AvgIpc) is 3.76. The highest BCUT2D eigenvalue weighted by Gasteiger charge is 2.14. The molecular formula is C44H26N2O2. The molecule has 0 atom stereocenters. The molecular weight excluding hydrogens is 588 g/mol. The van der Waals surface area contributed by atoms with Crippen molar-refractivity contribution >= 4 is 54.5 Å². The fraction of sp³-hybridized carbons (Fsp3) is 0. The minimum absolute atomic E-state index is 0.598. The van der Waals surface area contributed by atoms with Gasteiger partial charge in [0.05, 0.1) is 0 Å². The Hall–Kier alpha value is -6.52. The van der Waals surface area contributed by atoms with Crippen LogP contribution in [0.4, 0.5) is 0 Å². The van der Waals surface area contributed by atoms with Crippen LogP contribution in [0.3, 0.4) is 0 Å². The Morgan fingerprint density at radius 2 is 0.729 bits per heavy atom. The van der Waals surface area contributed by atoms with Crippen LogP contribution in [0.15, 0.2) is 167 Å². The van der Waals surface area contributed by atoms with Gasteiger partial charge in [0.2, 0.25) is 11.8 Å². The van der Waals surface area contributed by atoms with Gasteiger partial charge in [0, 0.05) is 11.1 Å². The first-order chi connectivity index (χ1) is 23.7. The minimum Gasteiger partial charge on any atom is -0.436 e. The smallest absolute Gasteiger partial charge is 0.227 e. The van der Waals surface area contributed by atoms with E-state index in [1.807, 2.05) is 12.1 Å². The van der Waals surface area contributed by atoms with Crippen molar-refractivity contribution in [1.82, 2.24) is 9.97 Å². The zero-order valence-electron chi connectivity index (χ0n) is 25.7. The second kappa shape index (κ2) is 10.5. The highest BCUT2D eigenvalue weighted by Crippen LogP contribution is 2.35. The highest BCUT2D eigenvalue weighted by atomic mass is 16.4. The van der Waals surface area contributed by atoms with Crippen molar-refractivity contribution in [2.45, 2.75) is 0 Å². The Balaban J connectivity index is 0.959. The predicted molar refractivity (Wildman–Crippen MR) is 196 cm³/mol. The van der Waals surface area contributed by atoms with Crippen LogP contribution in [-0.4, -0.2) is 9.97 Å². The van der Waals surface area contributed by atoms with Crippen LogP contribution in [0.2, 0.25) is 0 Å². The van der Waals surface area contributed by atoms with E-state index in [0.29, 0.717) is 11.8 Å². The summed E-state index contributed by atoms with van der Waals surface area (Å²) in [6, 6.07) is 54.8. The van der Waals surface area contributed by atoms with Crippen molar-refractivity contribution in [2.75, 3.05) is 0 Å². The Labute approximate surface area is 275 Å². The van der Waals surface area contributed by atoms with Crippen molar-refractivity contribution in [3.05, 3.63) is 158 Å². The van der Waals surface area contributed by atoms with E-state index in [1.54, 1.807) is 0 Å². The van der Waals surface area contributed by atoms with Crippen molar-refractivity contribution in [3.8, 4) is 45.2 Å². The van der Waals surface area contributed by atoms with Gasteiger partial charge in [-0.25, -0.2) is 9.97 Å². The SMILES string of the molecule is c1ccc2c(-c3ccc(-c4nc5cc6cc7oc(-c8ccc(-c9cccc%10ccccc9%10)cc8)nc7cc6cc5o4)cc3)cccc2c1. The summed E-state index contributed by atoms with van der Waals surface area (Å²) in [4.78, 5) is 9.72. The number of benzene rings is 8. The second-order valence-corrected chi connectivity index (χ2v) is 12.2. The molecule has 10 rings (SSSR count). The normalized spacial score (nSPS) is 11.8. The molecule has 0 saturated carbocycles. The molecule has 10 aromatic rings. The predicted octanol–water partition coefficient (Wildman–Crippen LogP) is 12.1. The summed E-state index contributed by atoms with van der Waals surface area (Å²) in [5.74, 6) is 1.20. The van der Waals surface area contributed by atoms with Crippen LogP contribution in [0.5, 0.6) is 0 Å². The molecule has 0 fully saturated rings. The molecule has 2 aromatic heterocycles. The monoisotopic (exact) mass is 614 g/mol. The first kappa shape index (κ1) is 26.7. The topological polar surface area (TPSA) is 52.1 Å². The van der Waals surface area contributed by atoms with Crippen molar-refractivity contribution in [1.29, 1.82) is 0 Å². The van der Waals surface area contributed by atoms with Gasteiger partial charge in [-0.1, -0.05) is 109 Å². The van der Waals surface area contributed by atoms with E-state index in [-0.39, 0.29) is 0 Å². The molecule has 0 bridgehead atoms. The number of oxazole rings is 2. The van der Waals surface area contributed by atoms with E-state index < -0.39 is 0 Å². The molecule has 8 aromatic carbocycles. The maximum Gasteiger partial charge on any atom is 0.227 e. The number of fused-ring (bicyclic) bond motifs is 5. The molecule has 0 N–H and O–H groups in total. The molecule has 48 heavy (non-hydrogen) atoms. The third-order valence-corrected chi connectivity index (χ3v) is 9.32. The van der Waals surface area contributed by atoms with Crippen molar-refractivity contribution in [2.24, 2.45) is 0 Å². The van der Waals surface area contributed by atoms with E-state index >= 15 is 0 Å². The van der Waals surface area contributed by atoms with Gasteiger partial charge in [0.15, 0.2) is 11.2 Å². The molecule has 4 nitrogen and oxygen atoms in total. The highest BCUT2D eigenvalue weighted by molar-refractivity contribution is 6.02. The summed E-state index contributed by atoms with van der Waals surface area (Å²) in [6.07, 6.45) is 0. The summed E-state index contributed by atoms with van der Waals surface area (Å²) in [5.41, 5.74) is 9.70. The van der Waals surface area contributed by atoms with Gasteiger partial charge in [0.25, 0.3) is 0 Å². The lowest BCUT2D eigenvalue weighted by molar-refractivity contribution is 0.619. The van der Waals surface area contributed by atoms with E-state index in [9.17, 15) is 0 Å². The summed E-state index contributed by atoms with van der Waals surface area (Å²) in [5, 5.41) is 6.99. The lowest BCUT2D eigenvalue weighted by Gasteiger charge is -2.07. The molecule has 0 saturated heterocycles. The summed E-state index contributed by atoms with van der Waals surface area (Å²) in [6.45, 7) is 0. The summed E-state index contributed by atoms with van der Waals surface area (Å²) < 4.78 is 12.6. The number of rotatable bonds is 4. The van der Waals surface area contributed by atoms with Crippen molar-refractivity contribution < 1.29 is 8.83 Å². The van der Waals surface area contributed by atoms with Crippen LogP contribution < -0.4 is 0 Å². The summed E-state index contributed by atoms with van der Waals surface area (Å²) in [7, 11) is 0. The zero-order valence-corrected chi connectivity index (χ0v) is 25.7. The van der Waals surface area contributed by atoms with Gasteiger partial charge in [-0.05, 0) is 103 Å². The molecule has 2 heterocycles. The molecule has 224 valence electrons. The second-order valence-electron chi connectivity index (χ2n) is 12.2. The summed E-state index contributed by atoms with van der Waals surface area (Å²) >= 11 is 0. The Bertz CT molecular complexity index is 2550. The maximum absolute atomic E-state index is 6.28. The van der Waals surface area contributed by atoms with Crippen LogP contribution in [0, 0.1) is 0 Å². The quantitative estimate of drug-likeness (QED) is 0.198. The maximum atomic E-state index is 6.28. The fourth-order valence-electron chi connectivity index (χ4n) is 6.88. The van der Waals surface area contributed by atoms with E-state index in [2.05, 4.69) is 146 Å². The zero-order chi connectivity index (χ0) is 31.6. The molecule has 0 spiro atoms. The number of hydrogen-bond acceptors (Lipinski definition) is 4. The van der Waals surface area contributed by atoms with Gasteiger partial charge in [-0.2, -0.15) is 0 Å². The molecule has 0 radical (unpaired) electrons. The number of aromatic nitrogens is 2. The van der Waals surface area contributed by atoms with Crippen molar-refractivity contribution in [3.63, 3.8) is 0 Å². The molecule has 0 aliphatic heterocycles.